The molecule has 112 valence electrons. The summed E-state index contributed by atoms with van der Waals surface area (Å²) in [6.07, 6.45) is 4.95. The van der Waals surface area contributed by atoms with Gasteiger partial charge in [-0.05, 0) is 64.3 Å². The van der Waals surface area contributed by atoms with Gasteiger partial charge in [-0.25, -0.2) is 0 Å². The number of nitrogens with one attached hydrogen (secondary N) is 1. The lowest BCUT2D eigenvalue weighted by Gasteiger charge is -2.26. The number of halogens is 1. The van der Waals surface area contributed by atoms with Crippen molar-refractivity contribution in [2.75, 3.05) is 13.7 Å². The molecule has 1 aliphatic heterocycles. The first-order chi connectivity index (χ1) is 9.41. The molecule has 1 aromatic carbocycles. The Kier molecular flexibility index (Phi) is 5.14. The molecule has 0 aliphatic carbocycles. The van der Waals surface area contributed by atoms with Gasteiger partial charge in [0.15, 0.2) is 0 Å². The fourth-order valence-electron chi connectivity index (χ4n) is 2.83. The lowest BCUT2D eigenvalue weighted by molar-refractivity contribution is 0.380. The Labute approximate surface area is 131 Å². The van der Waals surface area contributed by atoms with Gasteiger partial charge in [0.25, 0.3) is 0 Å². The van der Waals surface area contributed by atoms with Crippen LogP contribution in [0.5, 0.6) is 5.75 Å². The molecule has 1 atom stereocenters. The van der Waals surface area contributed by atoms with E-state index in [0.29, 0.717) is 6.04 Å². The molecule has 2 nitrogen and oxygen atoms in total. The molecule has 1 fully saturated rings. The van der Waals surface area contributed by atoms with Crippen molar-refractivity contribution in [1.82, 2.24) is 5.32 Å². The van der Waals surface area contributed by atoms with E-state index in [9.17, 15) is 0 Å². The normalized spacial score (nSPS) is 19.9. The van der Waals surface area contributed by atoms with Crippen molar-refractivity contribution in [2.24, 2.45) is 0 Å². The lowest BCUT2D eigenvalue weighted by atomic mass is 9.85. The molecule has 0 bridgehead atoms. The van der Waals surface area contributed by atoms with Gasteiger partial charge < -0.3 is 10.1 Å². The van der Waals surface area contributed by atoms with Gasteiger partial charge in [-0.1, -0.05) is 33.3 Å². The number of methoxy groups -OCH3 is 1. The molecule has 2 rings (SSSR count). The van der Waals surface area contributed by atoms with Crippen LogP contribution >= 0.6 is 15.9 Å². The van der Waals surface area contributed by atoms with Crippen molar-refractivity contribution >= 4 is 15.9 Å². The maximum Gasteiger partial charge on any atom is 0.136 e. The molecule has 1 aromatic rings. The number of piperidine rings is 1. The smallest absolute Gasteiger partial charge is 0.136 e. The van der Waals surface area contributed by atoms with Crippen LogP contribution in [-0.2, 0) is 11.8 Å². The highest BCUT2D eigenvalue weighted by atomic mass is 79.9. The largest absolute Gasteiger partial charge is 0.495 e. The van der Waals surface area contributed by atoms with Crippen molar-refractivity contribution in [1.29, 1.82) is 0 Å². The average Bonchev–Trinajstić information content (AvgIpc) is 2.38. The van der Waals surface area contributed by atoms with Crippen molar-refractivity contribution in [3.05, 3.63) is 27.7 Å². The summed E-state index contributed by atoms with van der Waals surface area (Å²) in [5.41, 5.74) is 2.82. The average molecular weight is 340 g/mol. The summed E-state index contributed by atoms with van der Waals surface area (Å²) in [5.74, 6) is 0.991. The van der Waals surface area contributed by atoms with E-state index in [1.165, 1.54) is 30.4 Å². The minimum Gasteiger partial charge on any atom is -0.495 e. The quantitative estimate of drug-likeness (QED) is 0.878. The number of benzene rings is 1. The molecule has 3 heteroatoms. The van der Waals surface area contributed by atoms with E-state index in [2.05, 4.69) is 54.2 Å². The number of hydrogen-bond donors (Lipinski definition) is 1. The Balaban J connectivity index is 2.30. The summed E-state index contributed by atoms with van der Waals surface area (Å²) >= 11 is 3.67. The second-order valence-electron chi connectivity index (χ2n) is 6.75. The first kappa shape index (κ1) is 15.8. The molecule has 0 radical (unpaired) electrons. The van der Waals surface area contributed by atoms with Gasteiger partial charge in [-0.15, -0.1) is 0 Å². The Morgan fingerprint density at radius 3 is 2.60 bits per heavy atom. The topological polar surface area (TPSA) is 21.3 Å². The third-order valence-corrected chi connectivity index (χ3v) is 4.66. The first-order valence-corrected chi connectivity index (χ1v) is 8.31. The maximum absolute atomic E-state index is 5.61. The van der Waals surface area contributed by atoms with Crippen LogP contribution in [0.1, 0.15) is 51.2 Å². The number of ether oxygens (including phenoxy) is 1. The minimum atomic E-state index is 0.156. The zero-order valence-electron chi connectivity index (χ0n) is 13.1. The Bertz CT molecular complexity index is 459. The van der Waals surface area contributed by atoms with Crippen LogP contribution in [0.15, 0.2) is 16.6 Å². The second-order valence-corrected chi connectivity index (χ2v) is 7.61. The number of hydrogen-bond acceptors (Lipinski definition) is 2. The van der Waals surface area contributed by atoms with E-state index in [1.807, 2.05) is 0 Å². The predicted molar refractivity (Wildman–Crippen MR) is 88.7 cm³/mol. The van der Waals surface area contributed by atoms with Gasteiger partial charge in [0, 0.05) is 6.04 Å². The standard InChI is InChI=1S/C17H26BrNO/c1-17(2,3)13-9-12(16(20-4)15(18)11-13)10-14-7-5-6-8-19-14/h9,11,14,19H,5-8,10H2,1-4H3. The van der Waals surface area contributed by atoms with Gasteiger partial charge in [-0.2, -0.15) is 0 Å². The molecule has 1 saturated heterocycles. The molecule has 1 N–H and O–H groups in total. The Morgan fingerprint density at radius 2 is 2.05 bits per heavy atom. The van der Waals surface area contributed by atoms with Crippen molar-refractivity contribution < 1.29 is 4.74 Å². The van der Waals surface area contributed by atoms with Gasteiger partial charge in [0.2, 0.25) is 0 Å². The third kappa shape index (κ3) is 3.76. The molecule has 1 heterocycles. The minimum absolute atomic E-state index is 0.156. The molecule has 0 saturated carbocycles. The van der Waals surface area contributed by atoms with E-state index >= 15 is 0 Å². The van der Waals surface area contributed by atoms with Crippen LogP contribution in [-0.4, -0.2) is 19.7 Å². The van der Waals surface area contributed by atoms with E-state index in [0.717, 1.165) is 23.2 Å². The van der Waals surface area contributed by atoms with Crippen molar-refractivity contribution in [2.45, 2.75) is 57.9 Å². The van der Waals surface area contributed by atoms with Gasteiger partial charge in [0.05, 0.1) is 11.6 Å². The van der Waals surface area contributed by atoms with Gasteiger partial charge in [0.1, 0.15) is 5.75 Å². The van der Waals surface area contributed by atoms with E-state index in [1.54, 1.807) is 7.11 Å². The summed E-state index contributed by atoms with van der Waals surface area (Å²) in [4.78, 5) is 0. The summed E-state index contributed by atoms with van der Waals surface area (Å²) in [5, 5.41) is 3.63. The van der Waals surface area contributed by atoms with E-state index in [-0.39, 0.29) is 5.41 Å². The summed E-state index contributed by atoms with van der Waals surface area (Å²) < 4.78 is 6.68. The van der Waals surface area contributed by atoms with Crippen LogP contribution < -0.4 is 10.1 Å². The van der Waals surface area contributed by atoms with Gasteiger partial charge >= 0.3 is 0 Å². The highest BCUT2D eigenvalue weighted by Crippen LogP contribution is 2.36. The lowest BCUT2D eigenvalue weighted by Crippen LogP contribution is -2.35. The highest BCUT2D eigenvalue weighted by Gasteiger charge is 2.21. The molecule has 1 unspecified atom stereocenters. The van der Waals surface area contributed by atoms with Gasteiger partial charge in [-0.3, -0.25) is 0 Å². The molecule has 1 aliphatic rings. The van der Waals surface area contributed by atoms with Crippen LogP contribution in [0.3, 0.4) is 0 Å². The van der Waals surface area contributed by atoms with Crippen LogP contribution in [0, 0.1) is 0 Å². The van der Waals surface area contributed by atoms with Crippen LogP contribution in [0.4, 0.5) is 0 Å². The van der Waals surface area contributed by atoms with E-state index in [4.69, 9.17) is 4.74 Å². The molecule has 0 aromatic heterocycles. The summed E-state index contributed by atoms with van der Waals surface area (Å²) in [7, 11) is 1.76. The first-order valence-electron chi connectivity index (χ1n) is 7.52. The van der Waals surface area contributed by atoms with Crippen LogP contribution in [0.25, 0.3) is 0 Å². The third-order valence-electron chi connectivity index (χ3n) is 4.07. The number of rotatable bonds is 3. The maximum atomic E-state index is 5.61. The molecule has 20 heavy (non-hydrogen) atoms. The molecule has 0 spiro atoms. The Hall–Kier alpha value is -0.540. The van der Waals surface area contributed by atoms with Crippen LogP contribution in [0.2, 0.25) is 0 Å². The van der Waals surface area contributed by atoms with Crippen molar-refractivity contribution in [3.63, 3.8) is 0 Å². The fourth-order valence-corrected chi connectivity index (χ4v) is 3.49. The summed E-state index contributed by atoms with van der Waals surface area (Å²) in [6.45, 7) is 7.91. The fraction of sp³-hybridized carbons (Fsp3) is 0.647. The van der Waals surface area contributed by atoms with E-state index < -0.39 is 0 Å². The Morgan fingerprint density at radius 1 is 1.30 bits per heavy atom. The SMILES string of the molecule is COc1c(Br)cc(C(C)(C)C)cc1CC1CCCCN1. The zero-order chi connectivity index (χ0) is 14.8. The molecular formula is C17H26BrNO. The zero-order valence-corrected chi connectivity index (χ0v) is 14.6. The van der Waals surface area contributed by atoms with Crippen molar-refractivity contribution in [3.8, 4) is 5.75 Å². The molecular weight excluding hydrogens is 314 g/mol. The highest BCUT2D eigenvalue weighted by molar-refractivity contribution is 9.10. The second kappa shape index (κ2) is 6.48. The molecule has 0 amide bonds. The predicted octanol–water partition coefficient (Wildman–Crippen LogP) is 4.44. The summed E-state index contributed by atoms with van der Waals surface area (Å²) in [6, 6.07) is 5.09. The monoisotopic (exact) mass is 339 g/mol.